The van der Waals surface area contributed by atoms with Gasteiger partial charge in [-0.2, -0.15) is 5.10 Å². The Balaban J connectivity index is 1.65. The van der Waals surface area contributed by atoms with Gasteiger partial charge in [-0.15, -0.1) is 0 Å². The van der Waals surface area contributed by atoms with Crippen LogP contribution in [-0.2, 0) is 6.42 Å². The number of rotatable bonds is 6. The lowest BCUT2D eigenvalue weighted by atomic mass is 10.3. The first-order valence-electron chi connectivity index (χ1n) is 7.21. The SMILES string of the molecule is COc1ccccc1-n1cc(C(=O)NCCc2cnc[nH]2)cn1. The minimum absolute atomic E-state index is 0.161. The van der Waals surface area contributed by atoms with Crippen molar-refractivity contribution < 1.29 is 9.53 Å². The normalized spacial score (nSPS) is 10.5. The van der Waals surface area contributed by atoms with E-state index in [1.54, 1.807) is 30.5 Å². The summed E-state index contributed by atoms with van der Waals surface area (Å²) in [7, 11) is 1.60. The van der Waals surface area contributed by atoms with Crippen molar-refractivity contribution in [3.8, 4) is 11.4 Å². The van der Waals surface area contributed by atoms with Gasteiger partial charge in [-0.05, 0) is 12.1 Å². The van der Waals surface area contributed by atoms with Crippen LogP contribution in [0.3, 0.4) is 0 Å². The van der Waals surface area contributed by atoms with Crippen LogP contribution in [0.15, 0.2) is 49.2 Å². The van der Waals surface area contributed by atoms with Crippen LogP contribution in [0.25, 0.3) is 5.69 Å². The summed E-state index contributed by atoms with van der Waals surface area (Å²) in [6.45, 7) is 0.529. The van der Waals surface area contributed by atoms with Gasteiger partial charge < -0.3 is 15.0 Å². The zero-order valence-electron chi connectivity index (χ0n) is 12.7. The van der Waals surface area contributed by atoms with Gasteiger partial charge in [0.1, 0.15) is 11.4 Å². The second-order valence-corrected chi connectivity index (χ2v) is 4.93. The largest absolute Gasteiger partial charge is 0.494 e. The molecular weight excluding hydrogens is 294 g/mol. The monoisotopic (exact) mass is 311 g/mol. The summed E-state index contributed by atoms with van der Waals surface area (Å²) in [4.78, 5) is 19.1. The fraction of sp³-hybridized carbons (Fsp3) is 0.188. The van der Waals surface area contributed by atoms with Gasteiger partial charge >= 0.3 is 0 Å². The quantitative estimate of drug-likeness (QED) is 0.724. The highest BCUT2D eigenvalue weighted by molar-refractivity contribution is 5.93. The number of aromatic nitrogens is 4. The van der Waals surface area contributed by atoms with Gasteiger partial charge in [-0.3, -0.25) is 4.79 Å². The number of methoxy groups -OCH3 is 1. The Bertz CT molecular complexity index is 779. The molecule has 0 aliphatic rings. The number of para-hydroxylation sites is 2. The molecule has 0 fully saturated rings. The van der Waals surface area contributed by atoms with E-state index in [-0.39, 0.29) is 5.91 Å². The van der Waals surface area contributed by atoms with Crippen LogP contribution in [0.1, 0.15) is 16.1 Å². The van der Waals surface area contributed by atoms with Crippen LogP contribution in [0.5, 0.6) is 5.75 Å². The smallest absolute Gasteiger partial charge is 0.254 e. The molecule has 0 radical (unpaired) electrons. The van der Waals surface area contributed by atoms with Gasteiger partial charge in [0.2, 0.25) is 0 Å². The maximum Gasteiger partial charge on any atom is 0.254 e. The number of carbonyl (C=O) groups excluding carboxylic acids is 1. The number of H-pyrrole nitrogens is 1. The molecule has 1 amide bonds. The van der Waals surface area contributed by atoms with Crippen LogP contribution >= 0.6 is 0 Å². The summed E-state index contributed by atoms with van der Waals surface area (Å²) in [5.41, 5.74) is 2.27. The highest BCUT2D eigenvalue weighted by Gasteiger charge is 2.11. The molecule has 2 aromatic heterocycles. The molecule has 1 aromatic carbocycles. The number of hydrogen-bond acceptors (Lipinski definition) is 4. The number of hydrogen-bond donors (Lipinski definition) is 2. The van der Waals surface area contributed by atoms with Gasteiger partial charge in [0.05, 0.1) is 25.2 Å². The molecule has 7 heteroatoms. The molecule has 3 aromatic rings. The molecule has 0 aliphatic carbocycles. The summed E-state index contributed by atoms with van der Waals surface area (Å²) in [6.07, 6.45) is 7.29. The van der Waals surface area contributed by atoms with E-state index in [0.717, 1.165) is 11.4 Å². The molecule has 3 rings (SSSR count). The lowest BCUT2D eigenvalue weighted by molar-refractivity contribution is 0.0954. The van der Waals surface area contributed by atoms with Crippen molar-refractivity contribution in [3.05, 3.63) is 60.4 Å². The zero-order valence-corrected chi connectivity index (χ0v) is 12.7. The highest BCUT2D eigenvalue weighted by atomic mass is 16.5. The Morgan fingerprint density at radius 2 is 2.22 bits per heavy atom. The number of benzene rings is 1. The number of nitrogens with one attached hydrogen (secondary N) is 2. The zero-order chi connectivity index (χ0) is 16.1. The average molecular weight is 311 g/mol. The van der Waals surface area contributed by atoms with E-state index in [4.69, 9.17) is 4.74 Å². The summed E-state index contributed by atoms with van der Waals surface area (Å²) >= 11 is 0. The molecule has 0 saturated heterocycles. The van der Waals surface area contributed by atoms with Gasteiger partial charge in [0.25, 0.3) is 5.91 Å². The van der Waals surface area contributed by atoms with Crippen molar-refractivity contribution >= 4 is 5.91 Å². The van der Waals surface area contributed by atoms with E-state index in [9.17, 15) is 4.79 Å². The molecule has 0 saturated carbocycles. The second kappa shape index (κ2) is 6.78. The van der Waals surface area contributed by atoms with Crippen LogP contribution in [-0.4, -0.2) is 39.3 Å². The fourth-order valence-electron chi connectivity index (χ4n) is 2.23. The molecule has 0 spiro atoms. The first-order chi connectivity index (χ1) is 11.3. The van der Waals surface area contributed by atoms with Crippen molar-refractivity contribution in [1.29, 1.82) is 0 Å². The Morgan fingerprint density at radius 3 is 3.00 bits per heavy atom. The molecule has 23 heavy (non-hydrogen) atoms. The van der Waals surface area contributed by atoms with Gasteiger partial charge in [0.15, 0.2) is 0 Å². The minimum Gasteiger partial charge on any atom is -0.494 e. The second-order valence-electron chi connectivity index (χ2n) is 4.93. The summed E-state index contributed by atoms with van der Waals surface area (Å²) in [5.74, 6) is 0.535. The number of amides is 1. The maximum absolute atomic E-state index is 12.2. The van der Waals surface area contributed by atoms with Crippen LogP contribution < -0.4 is 10.1 Å². The van der Waals surface area contributed by atoms with E-state index in [0.29, 0.717) is 24.3 Å². The van der Waals surface area contributed by atoms with E-state index in [2.05, 4.69) is 20.4 Å². The minimum atomic E-state index is -0.161. The molecule has 2 N–H and O–H groups in total. The van der Waals surface area contributed by atoms with Crippen molar-refractivity contribution in [1.82, 2.24) is 25.1 Å². The summed E-state index contributed by atoms with van der Waals surface area (Å²) < 4.78 is 6.93. The molecular formula is C16H17N5O2. The molecule has 118 valence electrons. The van der Waals surface area contributed by atoms with E-state index in [1.165, 1.54) is 6.20 Å². The number of ether oxygens (including phenoxy) is 1. The van der Waals surface area contributed by atoms with Gasteiger partial charge in [-0.1, -0.05) is 12.1 Å². The lowest BCUT2D eigenvalue weighted by Gasteiger charge is -2.07. The van der Waals surface area contributed by atoms with Crippen molar-refractivity contribution in [3.63, 3.8) is 0 Å². The standard InChI is InChI=1S/C16H17N5O2/c1-23-15-5-3-2-4-14(15)21-10-12(8-20-21)16(22)18-7-6-13-9-17-11-19-13/h2-5,8-11H,6-7H2,1H3,(H,17,19)(H,18,22). The number of aromatic amines is 1. The molecule has 2 heterocycles. The molecule has 0 atom stereocenters. The molecule has 0 unspecified atom stereocenters. The third-order valence-corrected chi connectivity index (χ3v) is 3.41. The number of carbonyl (C=O) groups is 1. The van der Waals surface area contributed by atoms with E-state index in [1.807, 2.05) is 24.3 Å². The van der Waals surface area contributed by atoms with Crippen molar-refractivity contribution in [2.24, 2.45) is 0 Å². The first-order valence-corrected chi connectivity index (χ1v) is 7.21. The predicted octanol–water partition coefficient (Wildman–Crippen LogP) is 1.58. The Labute approximate surface area is 133 Å². The number of nitrogens with zero attached hydrogens (tertiary/aromatic N) is 3. The van der Waals surface area contributed by atoms with Crippen molar-refractivity contribution in [2.45, 2.75) is 6.42 Å². The third-order valence-electron chi connectivity index (χ3n) is 3.41. The Kier molecular flexibility index (Phi) is 4.37. The Hall–Kier alpha value is -3.09. The van der Waals surface area contributed by atoms with Crippen LogP contribution in [0.4, 0.5) is 0 Å². The van der Waals surface area contributed by atoms with Crippen LogP contribution in [0.2, 0.25) is 0 Å². The van der Waals surface area contributed by atoms with Crippen LogP contribution in [0, 0.1) is 0 Å². The van der Waals surface area contributed by atoms with Crippen molar-refractivity contribution in [2.75, 3.05) is 13.7 Å². The fourth-order valence-corrected chi connectivity index (χ4v) is 2.23. The average Bonchev–Trinajstić information content (AvgIpc) is 3.26. The predicted molar refractivity (Wildman–Crippen MR) is 84.7 cm³/mol. The van der Waals surface area contributed by atoms with E-state index >= 15 is 0 Å². The molecule has 7 nitrogen and oxygen atoms in total. The summed E-state index contributed by atoms with van der Waals surface area (Å²) in [5, 5.41) is 7.09. The van der Waals surface area contributed by atoms with Gasteiger partial charge in [0, 0.05) is 31.1 Å². The molecule has 0 bridgehead atoms. The molecule has 0 aliphatic heterocycles. The van der Waals surface area contributed by atoms with Gasteiger partial charge in [-0.25, -0.2) is 9.67 Å². The third kappa shape index (κ3) is 3.39. The highest BCUT2D eigenvalue weighted by Crippen LogP contribution is 2.21. The first kappa shape index (κ1) is 14.8. The lowest BCUT2D eigenvalue weighted by Crippen LogP contribution is -2.25. The van der Waals surface area contributed by atoms with E-state index < -0.39 is 0 Å². The maximum atomic E-state index is 12.2. The number of imidazole rings is 1. The topological polar surface area (TPSA) is 84.8 Å². The summed E-state index contributed by atoms with van der Waals surface area (Å²) in [6, 6.07) is 7.51. The Morgan fingerprint density at radius 1 is 1.35 bits per heavy atom.